The van der Waals surface area contributed by atoms with Gasteiger partial charge in [0.1, 0.15) is 36.3 Å². The fourth-order valence-corrected chi connectivity index (χ4v) is 5.93. The third-order valence-corrected chi connectivity index (χ3v) is 10.1. The predicted octanol–water partition coefficient (Wildman–Crippen LogP) is -0.591. The molecule has 0 aromatic carbocycles. The number of carbonyl (C=O) groups excluding carboxylic acids is 7. The molecule has 0 aromatic rings. The van der Waals surface area contributed by atoms with E-state index in [1.807, 2.05) is 55.4 Å². The van der Waals surface area contributed by atoms with Gasteiger partial charge in [0, 0.05) is 6.92 Å². The normalized spacial score (nSPS) is 16.3. The lowest BCUT2D eigenvalue weighted by molar-refractivity contribution is -0.368. The minimum atomic E-state index is -1.06. The van der Waals surface area contributed by atoms with Gasteiger partial charge < -0.3 is 49.1 Å². The van der Waals surface area contributed by atoms with E-state index in [9.17, 15) is 33.6 Å². The van der Waals surface area contributed by atoms with Gasteiger partial charge in [-0.3, -0.25) is 33.6 Å². The Hall–Kier alpha value is -3.79. The van der Waals surface area contributed by atoms with Crippen molar-refractivity contribution in [1.82, 2.24) is 31.9 Å². The van der Waals surface area contributed by atoms with Crippen LogP contribution in [-0.4, -0.2) is 90.7 Å². The van der Waals surface area contributed by atoms with Gasteiger partial charge in [-0.05, 0) is 68.6 Å². The summed E-state index contributed by atoms with van der Waals surface area (Å²) in [6, 6.07) is -5.85. The summed E-state index contributed by atoms with van der Waals surface area (Å²) in [5, 5.41) is 16.7. The first-order valence-electron chi connectivity index (χ1n) is 20.0. The standard InChI is InChI=1S/C38H73N9O7/c1-10-23(6)30(36(52)44-29(21-22(4)5)35(51)43-27(33(41)49)17-13-15-19-39)46-38(54)32(25(8)12-3)47-37(53)31(24(7)11-2)45-34(50)28(42-26(9)48)18-14-16-20-40/h22-25,27-32H,10-21,39-40H2,1-9H3,(H2,41,49)(H,42,48)(H,43,51)(H,44,52)(H,45,50)(H,46,54)(H,47,53)/p+2/t23-,24-,25-,27-,28-,29-,30-,31-,32-/m0/s1. The topological polar surface area (TPSA) is 273 Å². The second-order valence-electron chi connectivity index (χ2n) is 15.2. The van der Waals surface area contributed by atoms with E-state index in [1.54, 1.807) is 0 Å². The van der Waals surface area contributed by atoms with Gasteiger partial charge in [0.2, 0.25) is 41.4 Å². The van der Waals surface area contributed by atoms with Gasteiger partial charge in [-0.2, -0.15) is 0 Å². The number of quaternary nitrogens is 2. The number of carbonyl (C=O) groups is 7. The second kappa shape index (κ2) is 26.9. The molecule has 0 saturated heterocycles. The molecule has 0 aliphatic carbocycles. The average molecular weight is 770 g/mol. The third-order valence-electron chi connectivity index (χ3n) is 10.1. The average Bonchev–Trinajstić information content (AvgIpc) is 3.12. The van der Waals surface area contributed by atoms with Crippen LogP contribution in [0.3, 0.4) is 0 Å². The molecule has 16 nitrogen and oxygen atoms in total. The largest absolute Gasteiger partial charge is 0.368 e. The van der Waals surface area contributed by atoms with E-state index in [2.05, 4.69) is 43.4 Å². The maximum Gasteiger partial charge on any atom is 0.243 e. The van der Waals surface area contributed by atoms with Crippen molar-refractivity contribution in [2.45, 2.75) is 163 Å². The molecule has 0 unspecified atom stereocenters. The summed E-state index contributed by atoms with van der Waals surface area (Å²) in [4.78, 5) is 92.7. The molecule has 9 atom stereocenters. The summed E-state index contributed by atoms with van der Waals surface area (Å²) in [7, 11) is 0. The summed E-state index contributed by atoms with van der Waals surface area (Å²) in [6.07, 6.45) is 5.44. The number of unbranched alkanes of at least 4 members (excludes halogenated alkanes) is 2. The van der Waals surface area contributed by atoms with E-state index < -0.39 is 71.7 Å². The van der Waals surface area contributed by atoms with Gasteiger partial charge >= 0.3 is 0 Å². The van der Waals surface area contributed by atoms with Crippen LogP contribution in [0.2, 0.25) is 0 Å². The SMILES string of the molecule is CC[C@H](C)[C@H](NC(=O)[C@H](CCCC[NH3+])NC(C)=O)C(=O)N[C@H](C(=O)N[C@H](C(=O)N[C@@H](CC(C)C)C(=O)N[C@@H](CCCC[NH3+])C(N)=O)[C@@H](C)CC)[C@@H](C)CC. The Morgan fingerprint density at radius 1 is 0.500 bits per heavy atom. The van der Waals surface area contributed by atoms with E-state index in [0.717, 1.165) is 12.8 Å². The molecule has 0 fully saturated rings. The Labute approximate surface area is 323 Å². The number of nitrogens with one attached hydrogen (secondary N) is 6. The van der Waals surface area contributed by atoms with Crippen LogP contribution in [0.1, 0.15) is 127 Å². The molecule has 312 valence electrons. The molecule has 14 N–H and O–H groups in total. The first kappa shape index (κ1) is 50.2. The molecule has 16 heteroatoms. The van der Waals surface area contributed by atoms with Gasteiger partial charge in [-0.25, -0.2) is 0 Å². The first-order valence-corrected chi connectivity index (χ1v) is 20.0. The molecule has 0 heterocycles. The summed E-state index contributed by atoms with van der Waals surface area (Å²) in [5.41, 5.74) is 13.2. The molecular weight excluding hydrogens is 694 g/mol. The van der Waals surface area contributed by atoms with Crippen molar-refractivity contribution in [1.29, 1.82) is 0 Å². The molecule has 54 heavy (non-hydrogen) atoms. The van der Waals surface area contributed by atoms with E-state index in [1.165, 1.54) is 6.92 Å². The summed E-state index contributed by atoms with van der Waals surface area (Å²) < 4.78 is 0. The van der Waals surface area contributed by atoms with Crippen LogP contribution in [0.4, 0.5) is 0 Å². The maximum atomic E-state index is 14.0. The molecule has 0 aliphatic heterocycles. The van der Waals surface area contributed by atoms with Gasteiger partial charge in [-0.15, -0.1) is 0 Å². The monoisotopic (exact) mass is 770 g/mol. The first-order chi connectivity index (χ1) is 25.4. The summed E-state index contributed by atoms with van der Waals surface area (Å²) in [6.45, 7) is 17.6. The van der Waals surface area contributed by atoms with Crippen molar-refractivity contribution in [2.24, 2.45) is 29.4 Å². The minimum Gasteiger partial charge on any atom is -0.368 e. The van der Waals surface area contributed by atoms with Crippen LogP contribution < -0.4 is 49.1 Å². The van der Waals surface area contributed by atoms with Crippen molar-refractivity contribution in [3.05, 3.63) is 0 Å². The number of hydrogen-bond acceptors (Lipinski definition) is 7. The van der Waals surface area contributed by atoms with Crippen molar-refractivity contribution < 1.29 is 45.0 Å². The van der Waals surface area contributed by atoms with E-state index in [4.69, 9.17) is 5.73 Å². The molecule has 0 rings (SSSR count). The zero-order chi connectivity index (χ0) is 41.5. The van der Waals surface area contributed by atoms with Crippen LogP contribution in [0.15, 0.2) is 0 Å². The lowest BCUT2D eigenvalue weighted by Crippen LogP contribution is -2.62. The second-order valence-corrected chi connectivity index (χ2v) is 15.2. The van der Waals surface area contributed by atoms with E-state index >= 15 is 0 Å². The third kappa shape index (κ3) is 18.5. The van der Waals surface area contributed by atoms with Crippen LogP contribution in [0, 0.1) is 23.7 Å². The number of hydrogen-bond donors (Lipinski definition) is 9. The Morgan fingerprint density at radius 3 is 1.20 bits per heavy atom. The Morgan fingerprint density at radius 2 is 0.852 bits per heavy atom. The Balaban J connectivity index is 6.30. The van der Waals surface area contributed by atoms with Crippen molar-refractivity contribution >= 4 is 41.4 Å². The van der Waals surface area contributed by atoms with Crippen molar-refractivity contribution in [3.8, 4) is 0 Å². The fourth-order valence-electron chi connectivity index (χ4n) is 5.93. The smallest absolute Gasteiger partial charge is 0.243 e. The fraction of sp³-hybridized carbons (Fsp3) is 0.816. The minimum absolute atomic E-state index is 0.00184. The van der Waals surface area contributed by atoms with Crippen molar-refractivity contribution in [3.63, 3.8) is 0 Å². The maximum absolute atomic E-state index is 14.0. The molecule has 0 aromatic heterocycles. The lowest BCUT2D eigenvalue weighted by atomic mass is 9.93. The zero-order valence-electron chi connectivity index (χ0n) is 34.6. The number of nitrogens with two attached hydrogens (primary N) is 1. The molecule has 0 aliphatic rings. The van der Waals surface area contributed by atoms with Gasteiger partial charge in [-0.1, -0.05) is 74.7 Å². The van der Waals surface area contributed by atoms with Gasteiger partial charge in [0.15, 0.2) is 0 Å². The van der Waals surface area contributed by atoms with Gasteiger partial charge in [0.05, 0.1) is 13.1 Å². The molecule has 7 amide bonds. The Kier molecular flexibility index (Phi) is 25.0. The van der Waals surface area contributed by atoms with Gasteiger partial charge in [0.25, 0.3) is 0 Å². The van der Waals surface area contributed by atoms with Crippen LogP contribution in [-0.2, 0) is 33.6 Å². The highest BCUT2D eigenvalue weighted by Crippen LogP contribution is 2.16. The zero-order valence-corrected chi connectivity index (χ0v) is 34.6. The highest BCUT2D eigenvalue weighted by molar-refractivity contribution is 5.97. The molecule has 0 bridgehead atoms. The molecule has 0 saturated carbocycles. The molecule has 0 radical (unpaired) electrons. The summed E-state index contributed by atoms with van der Waals surface area (Å²) >= 11 is 0. The predicted molar refractivity (Wildman–Crippen MR) is 207 cm³/mol. The summed E-state index contributed by atoms with van der Waals surface area (Å²) in [5.74, 6) is -4.81. The lowest BCUT2D eigenvalue weighted by Gasteiger charge is -2.32. The highest BCUT2D eigenvalue weighted by Gasteiger charge is 2.37. The van der Waals surface area contributed by atoms with E-state index in [-0.39, 0.29) is 36.0 Å². The van der Waals surface area contributed by atoms with Crippen molar-refractivity contribution in [2.75, 3.05) is 13.1 Å². The van der Waals surface area contributed by atoms with Crippen LogP contribution in [0.25, 0.3) is 0 Å². The number of primary amides is 1. The highest BCUT2D eigenvalue weighted by atomic mass is 16.2. The van der Waals surface area contributed by atoms with Crippen LogP contribution in [0.5, 0.6) is 0 Å². The number of rotatable bonds is 28. The Bertz CT molecular complexity index is 1200. The number of amides is 7. The quantitative estimate of drug-likeness (QED) is 0.0466. The van der Waals surface area contributed by atoms with Crippen LogP contribution >= 0.6 is 0 Å². The molecule has 0 spiro atoms. The molecular formula is C38H75N9O7+2. The van der Waals surface area contributed by atoms with E-state index in [0.29, 0.717) is 58.0 Å².